The zero-order valence-electron chi connectivity index (χ0n) is 14.3. The summed E-state index contributed by atoms with van der Waals surface area (Å²) in [7, 11) is 0. The molecule has 4 rings (SSSR count). The third kappa shape index (κ3) is 3.98. The molecule has 3 aromatic carbocycles. The lowest BCUT2D eigenvalue weighted by atomic mass is 10.0. The zero-order valence-corrected chi connectivity index (χ0v) is 14.3. The average molecular weight is 328 g/mol. The van der Waals surface area contributed by atoms with E-state index >= 15 is 0 Å². The van der Waals surface area contributed by atoms with Crippen molar-refractivity contribution in [2.24, 2.45) is 0 Å². The van der Waals surface area contributed by atoms with Crippen molar-refractivity contribution in [3.63, 3.8) is 0 Å². The minimum absolute atomic E-state index is 0.0755. The van der Waals surface area contributed by atoms with Crippen LogP contribution in [0.15, 0.2) is 78.9 Å². The van der Waals surface area contributed by atoms with Crippen LogP contribution < -0.4 is 0 Å². The van der Waals surface area contributed by atoms with E-state index in [1.165, 1.54) is 22.3 Å². The van der Waals surface area contributed by atoms with Crippen LogP contribution in [0.1, 0.15) is 22.3 Å². The Bertz CT molecular complexity index is 759. The summed E-state index contributed by atoms with van der Waals surface area (Å²) in [5.74, 6) is 0. The lowest BCUT2D eigenvalue weighted by Crippen LogP contribution is -2.40. The van der Waals surface area contributed by atoms with Crippen LogP contribution in [0.25, 0.3) is 0 Å². The SMILES string of the molecule is [c]1cccc2c1C[C@@H](N(Cc1ccccc1)Cc1ccccc1)OC2. The molecule has 0 aromatic heterocycles. The van der Waals surface area contributed by atoms with Gasteiger partial charge in [-0.2, -0.15) is 0 Å². The van der Waals surface area contributed by atoms with Gasteiger partial charge in [0, 0.05) is 19.5 Å². The van der Waals surface area contributed by atoms with Crippen LogP contribution in [0.5, 0.6) is 0 Å². The number of benzene rings is 3. The van der Waals surface area contributed by atoms with Crippen LogP contribution in [0.4, 0.5) is 0 Å². The highest BCUT2D eigenvalue weighted by Gasteiger charge is 2.25. The van der Waals surface area contributed by atoms with E-state index in [0.29, 0.717) is 6.61 Å². The van der Waals surface area contributed by atoms with Crippen molar-refractivity contribution in [3.8, 4) is 0 Å². The Labute approximate surface area is 149 Å². The summed E-state index contributed by atoms with van der Waals surface area (Å²) in [4.78, 5) is 2.43. The van der Waals surface area contributed by atoms with E-state index in [0.717, 1.165) is 19.5 Å². The fraction of sp³-hybridized carbons (Fsp3) is 0.217. The second-order valence-electron chi connectivity index (χ2n) is 6.52. The Hall–Kier alpha value is -2.42. The molecule has 2 heteroatoms. The van der Waals surface area contributed by atoms with Crippen molar-refractivity contribution >= 4 is 0 Å². The van der Waals surface area contributed by atoms with Gasteiger partial charge >= 0.3 is 0 Å². The minimum Gasteiger partial charge on any atom is -0.358 e. The molecule has 0 bridgehead atoms. The first kappa shape index (κ1) is 16.1. The van der Waals surface area contributed by atoms with Gasteiger partial charge in [-0.15, -0.1) is 0 Å². The fourth-order valence-electron chi connectivity index (χ4n) is 3.38. The molecule has 0 unspecified atom stereocenters. The van der Waals surface area contributed by atoms with Crippen LogP contribution in [-0.4, -0.2) is 11.1 Å². The number of ether oxygens (including phenoxy) is 1. The van der Waals surface area contributed by atoms with Crippen LogP contribution in [0, 0.1) is 6.07 Å². The second-order valence-corrected chi connectivity index (χ2v) is 6.52. The highest BCUT2D eigenvalue weighted by atomic mass is 16.5. The number of nitrogens with zero attached hydrogens (tertiary/aromatic N) is 1. The fourth-order valence-corrected chi connectivity index (χ4v) is 3.38. The molecule has 2 nitrogen and oxygen atoms in total. The van der Waals surface area contributed by atoms with Gasteiger partial charge in [0.05, 0.1) is 6.61 Å². The molecule has 25 heavy (non-hydrogen) atoms. The maximum absolute atomic E-state index is 6.22. The molecule has 0 saturated heterocycles. The first-order valence-electron chi connectivity index (χ1n) is 8.80. The number of rotatable bonds is 5. The summed E-state index contributed by atoms with van der Waals surface area (Å²) in [5.41, 5.74) is 5.16. The highest BCUT2D eigenvalue weighted by molar-refractivity contribution is 5.27. The molecule has 0 amide bonds. The Balaban J connectivity index is 1.57. The van der Waals surface area contributed by atoms with Gasteiger partial charge in [0.1, 0.15) is 6.23 Å². The largest absolute Gasteiger partial charge is 0.358 e. The summed E-state index contributed by atoms with van der Waals surface area (Å²) in [6.45, 7) is 2.42. The third-order valence-corrected chi connectivity index (χ3v) is 4.71. The van der Waals surface area contributed by atoms with Gasteiger partial charge in [-0.1, -0.05) is 78.9 Å². The monoisotopic (exact) mass is 328 g/mol. The molecule has 3 aromatic rings. The molecule has 1 aliphatic rings. The molecule has 1 aliphatic heterocycles. The topological polar surface area (TPSA) is 12.5 Å². The predicted octanol–water partition coefficient (Wildman–Crippen LogP) is 4.59. The molecule has 0 spiro atoms. The van der Waals surface area contributed by atoms with Gasteiger partial charge in [0.25, 0.3) is 0 Å². The van der Waals surface area contributed by atoms with Crippen molar-refractivity contribution < 1.29 is 4.74 Å². The average Bonchev–Trinajstić information content (AvgIpc) is 2.69. The van der Waals surface area contributed by atoms with Crippen molar-refractivity contribution in [2.45, 2.75) is 32.3 Å². The van der Waals surface area contributed by atoms with Gasteiger partial charge < -0.3 is 4.74 Å². The molecule has 0 N–H and O–H groups in total. The normalized spacial score (nSPS) is 16.6. The molecule has 0 fully saturated rings. The van der Waals surface area contributed by atoms with Gasteiger partial charge in [-0.25, -0.2) is 0 Å². The molecule has 1 heterocycles. The van der Waals surface area contributed by atoms with E-state index in [2.05, 4.69) is 77.7 Å². The quantitative estimate of drug-likeness (QED) is 0.679. The van der Waals surface area contributed by atoms with Crippen molar-refractivity contribution in [1.29, 1.82) is 0 Å². The summed E-state index contributed by atoms with van der Waals surface area (Å²) in [6.07, 6.45) is 0.960. The Morgan fingerprint density at radius 1 is 0.840 bits per heavy atom. The highest BCUT2D eigenvalue weighted by Crippen LogP contribution is 2.24. The van der Waals surface area contributed by atoms with E-state index < -0.39 is 0 Å². The first-order chi connectivity index (χ1) is 12.4. The van der Waals surface area contributed by atoms with E-state index in [-0.39, 0.29) is 6.23 Å². The molecule has 125 valence electrons. The van der Waals surface area contributed by atoms with E-state index in [1.807, 2.05) is 12.1 Å². The minimum atomic E-state index is 0.0755. The van der Waals surface area contributed by atoms with Crippen molar-refractivity contribution in [3.05, 3.63) is 107 Å². The first-order valence-corrected chi connectivity index (χ1v) is 8.80. The van der Waals surface area contributed by atoms with Gasteiger partial charge in [-0.05, 0) is 28.3 Å². The van der Waals surface area contributed by atoms with Crippen LogP contribution in [0.2, 0.25) is 0 Å². The predicted molar refractivity (Wildman–Crippen MR) is 99.7 cm³/mol. The molecule has 0 aliphatic carbocycles. The maximum Gasteiger partial charge on any atom is 0.115 e. The standard InChI is InChI=1S/C23H22NO/c1-3-9-19(10-4-1)16-24(17-20-11-5-2-6-12-20)23-15-21-13-7-8-14-22(21)18-25-23/h1-12,14,23H,15-18H2/t23-/m0/s1. The van der Waals surface area contributed by atoms with Gasteiger partial charge in [0.15, 0.2) is 0 Å². The molecular weight excluding hydrogens is 306 g/mol. The third-order valence-electron chi connectivity index (χ3n) is 4.71. The second kappa shape index (κ2) is 7.64. The number of hydrogen-bond donors (Lipinski definition) is 0. The lowest BCUT2D eigenvalue weighted by Gasteiger charge is -2.35. The van der Waals surface area contributed by atoms with Gasteiger partial charge in [-0.3, -0.25) is 4.90 Å². The molecule has 1 atom stereocenters. The Kier molecular flexibility index (Phi) is 4.91. The van der Waals surface area contributed by atoms with Crippen molar-refractivity contribution in [1.82, 2.24) is 4.90 Å². The zero-order chi connectivity index (χ0) is 16.9. The summed E-state index contributed by atoms with van der Waals surface area (Å²) in [5, 5.41) is 0. The van der Waals surface area contributed by atoms with Crippen LogP contribution >= 0.6 is 0 Å². The van der Waals surface area contributed by atoms with E-state index in [1.54, 1.807) is 0 Å². The Morgan fingerprint density at radius 3 is 2.12 bits per heavy atom. The number of hydrogen-bond acceptors (Lipinski definition) is 2. The van der Waals surface area contributed by atoms with Gasteiger partial charge in [0.2, 0.25) is 0 Å². The molecule has 0 saturated carbocycles. The number of fused-ring (bicyclic) bond motifs is 1. The van der Waals surface area contributed by atoms with Crippen LogP contribution in [-0.2, 0) is 30.9 Å². The molecular formula is C23H22NO. The smallest absolute Gasteiger partial charge is 0.115 e. The molecule has 1 radical (unpaired) electrons. The van der Waals surface area contributed by atoms with Crippen molar-refractivity contribution in [2.75, 3.05) is 0 Å². The summed E-state index contributed by atoms with van der Waals surface area (Å²) < 4.78 is 6.22. The maximum atomic E-state index is 6.22. The Morgan fingerprint density at radius 2 is 1.48 bits per heavy atom. The summed E-state index contributed by atoms with van der Waals surface area (Å²) >= 11 is 0. The van der Waals surface area contributed by atoms with Crippen LogP contribution in [0.3, 0.4) is 0 Å². The lowest BCUT2D eigenvalue weighted by molar-refractivity contribution is -0.0854. The van der Waals surface area contributed by atoms with E-state index in [9.17, 15) is 0 Å². The van der Waals surface area contributed by atoms with E-state index in [4.69, 9.17) is 4.74 Å². The summed E-state index contributed by atoms with van der Waals surface area (Å²) in [6, 6.07) is 30.8.